The molecule has 26 heavy (non-hydrogen) atoms. The SMILES string of the molecule is COc1ccc2c(c1)OCc1c(C(=O)O)nn(-c3ccc(Cl)cc3Cl)c1-2. The predicted octanol–water partition coefficient (Wildman–Crippen LogP) is 4.45. The third kappa shape index (κ3) is 2.58. The zero-order valence-corrected chi connectivity index (χ0v) is 15.0. The second-order valence-corrected chi connectivity index (χ2v) is 6.48. The van der Waals surface area contributed by atoms with Crippen molar-refractivity contribution in [2.75, 3.05) is 7.11 Å². The molecule has 1 aromatic heterocycles. The number of fused-ring (bicyclic) bond motifs is 3. The van der Waals surface area contributed by atoms with Crippen molar-refractivity contribution in [2.45, 2.75) is 6.61 Å². The molecule has 0 aliphatic carbocycles. The first-order valence-electron chi connectivity index (χ1n) is 7.61. The zero-order valence-electron chi connectivity index (χ0n) is 13.5. The predicted molar refractivity (Wildman–Crippen MR) is 96.9 cm³/mol. The summed E-state index contributed by atoms with van der Waals surface area (Å²) in [5, 5.41) is 14.7. The number of nitrogens with zero attached hydrogens (tertiary/aromatic N) is 2. The Morgan fingerprint density at radius 1 is 1.27 bits per heavy atom. The molecule has 132 valence electrons. The van der Waals surface area contributed by atoms with E-state index in [1.54, 1.807) is 43.5 Å². The quantitative estimate of drug-likeness (QED) is 0.715. The first-order valence-corrected chi connectivity index (χ1v) is 8.37. The minimum atomic E-state index is -1.13. The highest BCUT2D eigenvalue weighted by Gasteiger charge is 2.30. The Kier molecular flexibility index (Phi) is 4.01. The minimum absolute atomic E-state index is 0.0764. The van der Waals surface area contributed by atoms with E-state index in [-0.39, 0.29) is 12.3 Å². The number of rotatable bonds is 3. The molecule has 0 spiro atoms. The lowest BCUT2D eigenvalue weighted by atomic mass is 10.0. The molecule has 4 rings (SSSR count). The molecular weight excluding hydrogens is 379 g/mol. The maximum Gasteiger partial charge on any atom is 0.356 e. The van der Waals surface area contributed by atoms with E-state index < -0.39 is 5.97 Å². The van der Waals surface area contributed by atoms with E-state index in [2.05, 4.69) is 5.10 Å². The molecule has 0 atom stereocenters. The average Bonchev–Trinajstić information content (AvgIpc) is 3.01. The van der Waals surface area contributed by atoms with Gasteiger partial charge in [0.05, 0.1) is 29.1 Å². The number of hydrogen-bond acceptors (Lipinski definition) is 4. The van der Waals surface area contributed by atoms with Crippen molar-refractivity contribution in [3.63, 3.8) is 0 Å². The van der Waals surface area contributed by atoms with Crippen LogP contribution in [0.5, 0.6) is 11.5 Å². The van der Waals surface area contributed by atoms with E-state index in [9.17, 15) is 9.90 Å². The highest BCUT2D eigenvalue weighted by Crippen LogP contribution is 2.42. The van der Waals surface area contributed by atoms with Gasteiger partial charge in [-0.2, -0.15) is 5.10 Å². The Morgan fingerprint density at radius 3 is 2.77 bits per heavy atom. The molecule has 1 N–H and O–H groups in total. The van der Waals surface area contributed by atoms with Crippen LogP contribution < -0.4 is 9.47 Å². The van der Waals surface area contributed by atoms with E-state index in [0.717, 1.165) is 0 Å². The Balaban J connectivity index is 2.01. The second kappa shape index (κ2) is 6.23. The van der Waals surface area contributed by atoms with Gasteiger partial charge in [-0.05, 0) is 30.3 Å². The average molecular weight is 391 g/mol. The van der Waals surface area contributed by atoms with Gasteiger partial charge in [0, 0.05) is 16.7 Å². The molecule has 2 aromatic carbocycles. The summed E-state index contributed by atoms with van der Waals surface area (Å²) in [4.78, 5) is 11.7. The van der Waals surface area contributed by atoms with Gasteiger partial charge in [-0.25, -0.2) is 9.48 Å². The summed E-state index contributed by atoms with van der Waals surface area (Å²) in [7, 11) is 1.57. The first kappa shape index (κ1) is 16.8. The van der Waals surface area contributed by atoms with Gasteiger partial charge < -0.3 is 14.6 Å². The number of ether oxygens (including phenoxy) is 2. The number of hydrogen-bond donors (Lipinski definition) is 1. The summed E-state index contributed by atoms with van der Waals surface area (Å²) in [5.74, 6) is 0.0897. The van der Waals surface area contributed by atoms with E-state index in [0.29, 0.717) is 44.1 Å². The number of aromatic carboxylic acids is 1. The van der Waals surface area contributed by atoms with Crippen LogP contribution in [0.15, 0.2) is 36.4 Å². The molecule has 0 fully saturated rings. The van der Waals surface area contributed by atoms with E-state index >= 15 is 0 Å². The summed E-state index contributed by atoms with van der Waals surface area (Å²) < 4.78 is 12.5. The third-order valence-corrected chi connectivity index (χ3v) is 4.68. The van der Waals surface area contributed by atoms with E-state index in [4.69, 9.17) is 32.7 Å². The molecule has 0 radical (unpaired) electrons. The van der Waals surface area contributed by atoms with Crippen LogP contribution in [0, 0.1) is 0 Å². The number of carbonyl (C=O) groups is 1. The first-order chi connectivity index (χ1) is 12.5. The Morgan fingerprint density at radius 2 is 2.08 bits per heavy atom. The van der Waals surface area contributed by atoms with Crippen LogP contribution in [0.3, 0.4) is 0 Å². The van der Waals surface area contributed by atoms with E-state index in [1.807, 2.05) is 0 Å². The third-order valence-electron chi connectivity index (χ3n) is 4.14. The molecular formula is C18H12Cl2N2O4. The minimum Gasteiger partial charge on any atom is -0.497 e. The van der Waals surface area contributed by atoms with Crippen molar-refractivity contribution in [2.24, 2.45) is 0 Å². The highest BCUT2D eigenvalue weighted by atomic mass is 35.5. The maximum absolute atomic E-state index is 11.7. The lowest BCUT2D eigenvalue weighted by Gasteiger charge is -2.20. The molecule has 0 bridgehead atoms. The fourth-order valence-corrected chi connectivity index (χ4v) is 3.45. The molecule has 8 heteroatoms. The number of aromatic nitrogens is 2. The molecule has 0 saturated carbocycles. The summed E-state index contributed by atoms with van der Waals surface area (Å²) in [6, 6.07) is 10.3. The van der Waals surface area contributed by atoms with E-state index in [1.165, 1.54) is 4.68 Å². The van der Waals surface area contributed by atoms with Gasteiger partial charge in [-0.1, -0.05) is 23.2 Å². The number of methoxy groups -OCH3 is 1. The second-order valence-electron chi connectivity index (χ2n) is 5.64. The van der Waals surface area contributed by atoms with Gasteiger partial charge in [-0.15, -0.1) is 0 Å². The summed E-state index contributed by atoms with van der Waals surface area (Å²) in [6.45, 7) is 0.0857. The summed E-state index contributed by atoms with van der Waals surface area (Å²) >= 11 is 12.3. The van der Waals surface area contributed by atoms with Crippen LogP contribution in [0.2, 0.25) is 10.0 Å². The van der Waals surface area contributed by atoms with Gasteiger partial charge in [0.2, 0.25) is 0 Å². The van der Waals surface area contributed by atoms with Crippen LogP contribution in [0.4, 0.5) is 0 Å². The fraction of sp³-hybridized carbons (Fsp3) is 0.111. The number of halogens is 2. The molecule has 1 aliphatic heterocycles. The van der Waals surface area contributed by atoms with Crippen molar-refractivity contribution >= 4 is 29.2 Å². The van der Waals surface area contributed by atoms with Gasteiger partial charge in [-0.3, -0.25) is 0 Å². The molecule has 0 saturated heterocycles. The number of carboxylic acids is 1. The molecule has 0 unspecified atom stereocenters. The van der Waals surface area contributed by atoms with Gasteiger partial charge in [0.1, 0.15) is 18.1 Å². The number of carboxylic acid groups (broad SMARTS) is 1. The Hall–Kier alpha value is -2.70. The summed E-state index contributed by atoms with van der Waals surface area (Å²) in [6.07, 6.45) is 0. The lowest BCUT2D eigenvalue weighted by Crippen LogP contribution is -2.09. The fourth-order valence-electron chi connectivity index (χ4n) is 2.96. The molecule has 2 heterocycles. The standard InChI is InChI=1S/C18H12Cl2N2O4/c1-25-10-3-4-11-15(7-10)26-8-12-16(18(23)24)21-22(17(11)12)14-5-2-9(19)6-13(14)20/h2-7H,8H2,1H3,(H,23,24). The van der Waals surface area contributed by atoms with Crippen LogP contribution >= 0.6 is 23.2 Å². The molecule has 3 aromatic rings. The van der Waals surface area contributed by atoms with Crippen molar-refractivity contribution in [3.8, 4) is 28.4 Å². The Labute approximate surface area is 158 Å². The molecule has 1 aliphatic rings. The number of benzene rings is 2. The van der Waals surface area contributed by atoms with Crippen LogP contribution in [0.25, 0.3) is 16.9 Å². The monoisotopic (exact) mass is 390 g/mol. The van der Waals surface area contributed by atoms with Crippen molar-refractivity contribution < 1.29 is 19.4 Å². The van der Waals surface area contributed by atoms with Crippen LogP contribution in [-0.2, 0) is 6.61 Å². The van der Waals surface area contributed by atoms with Crippen molar-refractivity contribution in [3.05, 3.63) is 57.7 Å². The van der Waals surface area contributed by atoms with Crippen molar-refractivity contribution in [1.82, 2.24) is 9.78 Å². The zero-order chi connectivity index (χ0) is 18.4. The van der Waals surface area contributed by atoms with Gasteiger partial charge >= 0.3 is 5.97 Å². The lowest BCUT2D eigenvalue weighted by molar-refractivity contribution is 0.0687. The highest BCUT2D eigenvalue weighted by molar-refractivity contribution is 6.35. The van der Waals surface area contributed by atoms with Crippen molar-refractivity contribution in [1.29, 1.82) is 0 Å². The Bertz CT molecular complexity index is 1050. The largest absolute Gasteiger partial charge is 0.497 e. The molecule has 0 amide bonds. The van der Waals surface area contributed by atoms with Crippen LogP contribution in [-0.4, -0.2) is 28.0 Å². The normalized spacial score (nSPS) is 12.1. The smallest absolute Gasteiger partial charge is 0.356 e. The van der Waals surface area contributed by atoms with Gasteiger partial charge in [0.15, 0.2) is 5.69 Å². The molecule has 6 nitrogen and oxygen atoms in total. The maximum atomic E-state index is 11.7. The summed E-state index contributed by atoms with van der Waals surface area (Å²) in [5.41, 5.74) is 2.27. The topological polar surface area (TPSA) is 73.6 Å². The van der Waals surface area contributed by atoms with Gasteiger partial charge in [0.25, 0.3) is 0 Å². The van der Waals surface area contributed by atoms with Crippen LogP contribution in [0.1, 0.15) is 16.1 Å².